The summed E-state index contributed by atoms with van der Waals surface area (Å²) in [5.74, 6) is 0. The molecule has 3 heterocycles. The third-order valence-corrected chi connectivity index (χ3v) is 30.3. The molecule has 0 bridgehead atoms. The molecule has 418 valence electrons. The maximum absolute atomic E-state index is 2.88. The van der Waals surface area contributed by atoms with Crippen LogP contribution in [0.25, 0.3) is 0 Å². The van der Waals surface area contributed by atoms with Gasteiger partial charge in [-0.1, -0.05) is 280 Å². The molecule has 0 aromatic heterocycles. The lowest BCUT2D eigenvalue weighted by atomic mass is 9.33. The van der Waals surface area contributed by atoms with Crippen molar-refractivity contribution < 1.29 is 0 Å². The van der Waals surface area contributed by atoms with Gasteiger partial charge in [-0.05, 0) is 145 Å². The van der Waals surface area contributed by atoms with Gasteiger partial charge in [0.25, 0.3) is 6.71 Å². The van der Waals surface area contributed by atoms with Crippen LogP contribution >= 0.6 is 0 Å². The molecule has 2 unspecified atom stereocenters. The molecule has 1 saturated carbocycles. The van der Waals surface area contributed by atoms with E-state index in [1.54, 1.807) is 0 Å². The van der Waals surface area contributed by atoms with Crippen LogP contribution < -0.4 is 72.6 Å². The highest BCUT2D eigenvalue weighted by Crippen LogP contribution is 2.62. The molecule has 6 heteroatoms. The van der Waals surface area contributed by atoms with Crippen molar-refractivity contribution in [1.82, 2.24) is 0 Å². The molecule has 12 aromatic rings. The molecule has 12 aromatic carbocycles. The van der Waals surface area contributed by atoms with Gasteiger partial charge >= 0.3 is 0 Å². The number of benzene rings is 12. The van der Waals surface area contributed by atoms with Gasteiger partial charge in [0.2, 0.25) is 0 Å². The second kappa shape index (κ2) is 20.9. The first-order chi connectivity index (χ1) is 42.8. The van der Waals surface area contributed by atoms with Gasteiger partial charge in [0.05, 0.1) is 11.2 Å². The van der Waals surface area contributed by atoms with Gasteiger partial charge in [-0.3, -0.25) is 0 Å². The number of para-hydroxylation sites is 2. The fraction of sp³-hybridized carbons (Fsp3) is 0.111. The lowest BCUT2D eigenvalue weighted by Crippen LogP contribution is -2.74. The third kappa shape index (κ3) is 7.93. The molecular formula is C81H68BN3Si2. The highest BCUT2D eigenvalue weighted by molar-refractivity contribution is 7.20. The van der Waals surface area contributed by atoms with E-state index in [1.807, 2.05) is 0 Å². The minimum atomic E-state index is -2.86. The highest BCUT2D eigenvalue weighted by Gasteiger charge is 2.61. The van der Waals surface area contributed by atoms with Crippen LogP contribution in [0.4, 0.5) is 45.5 Å². The van der Waals surface area contributed by atoms with Gasteiger partial charge in [-0.2, -0.15) is 0 Å². The maximum atomic E-state index is 2.88. The van der Waals surface area contributed by atoms with Gasteiger partial charge in [-0.15, -0.1) is 0 Å². The Labute approximate surface area is 515 Å². The van der Waals surface area contributed by atoms with Crippen molar-refractivity contribution in [2.45, 2.75) is 57.4 Å². The van der Waals surface area contributed by atoms with E-state index in [0.29, 0.717) is 0 Å². The SMILES string of the molecule is Cc1cc2c3c(c1)C1(C)CCCCC1(C)N3c1cc(N(c3ccc([Si](c4ccccc4)(c4ccccc4)c4ccccc4)cc3)c3ccc([Si](c4ccccc4)(c4ccccc4)c4ccccc4)cc3)cc3c1B2c1ccccc1N3c1ccccc1. The summed E-state index contributed by atoms with van der Waals surface area (Å²) in [6.07, 6.45) is 4.73. The molecule has 87 heavy (non-hydrogen) atoms. The van der Waals surface area contributed by atoms with Crippen LogP contribution in [0, 0.1) is 6.92 Å². The first-order valence-corrected chi connectivity index (χ1v) is 35.2. The van der Waals surface area contributed by atoms with Gasteiger partial charge < -0.3 is 14.7 Å². The van der Waals surface area contributed by atoms with E-state index in [4.69, 9.17) is 0 Å². The minimum absolute atomic E-state index is 0.0407. The Kier molecular flexibility index (Phi) is 12.7. The largest absolute Gasteiger partial charge is 0.335 e. The smallest absolute Gasteiger partial charge is 0.252 e. The van der Waals surface area contributed by atoms with Crippen LogP contribution in [0.15, 0.2) is 309 Å². The molecule has 0 N–H and O–H groups in total. The van der Waals surface area contributed by atoms with Gasteiger partial charge in [-0.25, -0.2) is 0 Å². The predicted octanol–water partition coefficient (Wildman–Crippen LogP) is 12.6. The van der Waals surface area contributed by atoms with Crippen LogP contribution in [0.1, 0.15) is 50.7 Å². The lowest BCUT2D eigenvalue weighted by molar-refractivity contribution is 0.195. The molecular weight excluding hydrogens is 1080 g/mol. The normalized spacial score (nSPS) is 17.2. The Morgan fingerprint density at radius 3 is 1.22 bits per heavy atom. The van der Waals surface area contributed by atoms with E-state index < -0.39 is 16.1 Å². The maximum Gasteiger partial charge on any atom is 0.252 e. The number of rotatable bonds is 12. The first-order valence-electron chi connectivity index (χ1n) is 31.2. The van der Waals surface area contributed by atoms with Crippen LogP contribution in [0.3, 0.4) is 0 Å². The Hall–Kier alpha value is -9.46. The number of nitrogens with zero attached hydrogens (tertiary/aromatic N) is 3. The number of hydrogen-bond donors (Lipinski definition) is 0. The van der Waals surface area contributed by atoms with E-state index in [-0.39, 0.29) is 17.7 Å². The molecule has 1 fully saturated rings. The van der Waals surface area contributed by atoms with Crippen molar-refractivity contribution in [1.29, 1.82) is 0 Å². The van der Waals surface area contributed by atoms with E-state index >= 15 is 0 Å². The molecule has 3 nitrogen and oxygen atoms in total. The molecule has 0 saturated heterocycles. The quantitative estimate of drug-likeness (QED) is 0.0892. The van der Waals surface area contributed by atoms with Crippen LogP contribution in [-0.2, 0) is 5.41 Å². The van der Waals surface area contributed by atoms with Crippen molar-refractivity contribution >= 4 is 126 Å². The fourth-order valence-corrected chi connectivity index (χ4v) is 26.2. The minimum Gasteiger partial charge on any atom is -0.335 e. The summed E-state index contributed by atoms with van der Waals surface area (Å²) in [5.41, 5.74) is 16.6. The van der Waals surface area contributed by atoms with Crippen molar-refractivity contribution in [2.24, 2.45) is 0 Å². The van der Waals surface area contributed by atoms with Crippen molar-refractivity contribution in [3.63, 3.8) is 0 Å². The van der Waals surface area contributed by atoms with E-state index in [2.05, 4.69) is 345 Å². The summed E-state index contributed by atoms with van der Waals surface area (Å²) in [4.78, 5) is 8.05. The summed E-state index contributed by atoms with van der Waals surface area (Å²) in [6.45, 7) is 7.59. The summed E-state index contributed by atoms with van der Waals surface area (Å²) in [7, 11) is -5.72. The molecule has 1 aliphatic carbocycles. The molecule has 0 amide bonds. The summed E-state index contributed by atoms with van der Waals surface area (Å²) in [6, 6.07) is 118. The Morgan fingerprint density at radius 2 is 0.759 bits per heavy atom. The molecule has 16 rings (SSSR count). The highest BCUT2D eigenvalue weighted by atomic mass is 28.3. The Morgan fingerprint density at radius 1 is 0.368 bits per heavy atom. The lowest BCUT2D eigenvalue weighted by Gasteiger charge is -2.53. The molecule has 3 aliphatic heterocycles. The number of fused-ring (bicyclic) bond motifs is 7. The number of aryl methyl sites for hydroxylation is 1. The summed E-state index contributed by atoms with van der Waals surface area (Å²) in [5, 5.41) is 10.8. The van der Waals surface area contributed by atoms with Gasteiger partial charge in [0.1, 0.15) is 0 Å². The topological polar surface area (TPSA) is 9.72 Å². The third-order valence-electron chi connectivity index (χ3n) is 20.7. The Bertz CT molecular complexity index is 4130. The molecule has 4 aliphatic rings. The second-order valence-corrected chi connectivity index (χ2v) is 32.7. The van der Waals surface area contributed by atoms with Crippen LogP contribution in [0.2, 0.25) is 0 Å². The average Bonchev–Trinajstić information content (AvgIpc) is 1.58. The Balaban J connectivity index is 0.976. The fourth-order valence-electron chi connectivity index (χ4n) is 16.7. The monoisotopic (exact) mass is 1150 g/mol. The zero-order valence-corrected chi connectivity index (χ0v) is 51.7. The first kappa shape index (κ1) is 53.0. The molecule has 2 atom stereocenters. The van der Waals surface area contributed by atoms with E-state index in [9.17, 15) is 0 Å². The second-order valence-electron chi connectivity index (χ2n) is 25.1. The van der Waals surface area contributed by atoms with E-state index in [1.165, 1.54) is 111 Å². The predicted molar refractivity (Wildman–Crippen MR) is 375 cm³/mol. The van der Waals surface area contributed by atoms with E-state index in [0.717, 1.165) is 29.2 Å². The number of hydrogen-bond acceptors (Lipinski definition) is 3. The zero-order chi connectivity index (χ0) is 58.3. The number of anilines is 8. The van der Waals surface area contributed by atoms with Gasteiger partial charge in [0, 0.05) is 45.2 Å². The summed E-state index contributed by atoms with van der Waals surface area (Å²) >= 11 is 0. The average molecular weight is 1150 g/mol. The standard InChI is InChI=1S/C81H68BN3Si2/c1-59-55-72-79-74(56-59)82-73-43-25-26-44-75(73)84(60-29-11-4-12-30-60)76-57-63(58-77(78(76)82)85(79)81(3)54-28-27-53-80(72,81)2)83(61-45-49-70(50-46-61)86(64-31-13-5-14-32-64,65-33-15-6-16-34-65)66-35-17-7-18-36-66)62-47-51-71(52-48-62)87(67-37-19-8-20-38-67,68-39-21-9-22-40-68)69-41-23-10-24-42-69/h4-26,29-52,55-58H,27-28,53-54H2,1-3H3. The summed E-state index contributed by atoms with van der Waals surface area (Å²) < 4.78 is 0. The van der Waals surface area contributed by atoms with Crippen molar-refractivity contribution in [3.8, 4) is 0 Å². The van der Waals surface area contributed by atoms with Gasteiger partial charge in [0.15, 0.2) is 16.1 Å². The molecule has 0 spiro atoms. The molecule has 0 radical (unpaired) electrons. The van der Waals surface area contributed by atoms with Crippen molar-refractivity contribution in [2.75, 3.05) is 14.7 Å². The van der Waals surface area contributed by atoms with Crippen LogP contribution in [0.5, 0.6) is 0 Å². The van der Waals surface area contributed by atoms with Crippen LogP contribution in [-0.4, -0.2) is 28.4 Å². The van der Waals surface area contributed by atoms with Crippen molar-refractivity contribution in [3.05, 3.63) is 321 Å². The zero-order valence-electron chi connectivity index (χ0n) is 49.7.